The number of benzene rings is 1. The van der Waals surface area contributed by atoms with Gasteiger partial charge >= 0.3 is 0 Å². The number of alkyl halides is 1. The number of hydrogen-bond acceptors (Lipinski definition) is 3. The number of sulfonamides is 1. The molecule has 21 heavy (non-hydrogen) atoms. The van der Waals surface area contributed by atoms with E-state index in [-0.39, 0.29) is 5.03 Å². The van der Waals surface area contributed by atoms with E-state index in [4.69, 9.17) is 11.6 Å². The monoisotopic (exact) mass is 327 g/mol. The summed E-state index contributed by atoms with van der Waals surface area (Å²) in [5.41, 5.74) is 1.58. The summed E-state index contributed by atoms with van der Waals surface area (Å²) >= 11 is 5.67. The minimum atomic E-state index is -3.66. The van der Waals surface area contributed by atoms with Crippen molar-refractivity contribution in [2.24, 2.45) is 7.05 Å². The van der Waals surface area contributed by atoms with Crippen LogP contribution in [0.1, 0.15) is 17.8 Å². The first-order valence-corrected chi connectivity index (χ1v) is 8.62. The zero-order valence-electron chi connectivity index (χ0n) is 12.0. The van der Waals surface area contributed by atoms with Crippen LogP contribution >= 0.6 is 11.6 Å². The fourth-order valence-electron chi connectivity index (χ4n) is 1.92. The molecule has 1 N–H and O–H groups in total. The summed E-state index contributed by atoms with van der Waals surface area (Å²) in [6.45, 7) is 1.76. The summed E-state index contributed by atoms with van der Waals surface area (Å²) in [4.78, 5) is 4.05. The predicted molar refractivity (Wildman–Crippen MR) is 84.2 cm³/mol. The lowest BCUT2D eigenvalue weighted by atomic mass is 10.1. The molecular formula is C14H18ClN3O2S. The Morgan fingerprint density at radius 3 is 2.76 bits per heavy atom. The molecule has 1 heterocycles. The van der Waals surface area contributed by atoms with E-state index in [1.54, 1.807) is 24.6 Å². The highest BCUT2D eigenvalue weighted by atomic mass is 35.5. The van der Waals surface area contributed by atoms with Gasteiger partial charge in [0.1, 0.15) is 5.82 Å². The average molecular weight is 328 g/mol. The molecule has 5 nitrogen and oxygen atoms in total. The zero-order chi connectivity index (χ0) is 15.5. The molecule has 114 valence electrons. The van der Waals surface area contributed by atoms with Crippen LogP contribution in [0.4, 0.5) is 5.69 Å². The average Bonchev–Trinajstić information content (AvgIpc) is 2.77. The molecule has 0 fully saturated rings. The Kier molecular flexibility index (Phi) is 4.90. The highest BCUT2D eigenvalue weighted by molar-refractivity contribution is 7.92. The predicted octanol–water partition coefficient (Wildman–Crippen LogP) is 2.70. The van der Waals surface area contributed by atoms with Crippen molar-refractivity contribution in [3.63, 3.8) is 0 Å². The number of nitrogens with one attached hydrogen (secondary N) is 1. The first-order valence-electron chi connectivity index (χ1n) is 6.60. The summed E-state index contributed by atoms with van der Waals surface area (Å²) in [5.74, 6) is 1.23. The number of aryl methyl sites for hydroxylation is 3. The van der Waals surface area contributed by atoms with Crippen LogP contribution in [0, 0.1) is 6.92 Å². The van der Waals surface area contributed by atoms with Crippen molar-refractivity contribution in [3.05, 3.63) is 41.9 Å². The van der Waals surface area contributed by atoms with E-state index < -0.39 is 10.0 Å². The Hall–Kier alpha value is -1.53. The van der Waals surface area contributed by atoms with Crippen LogP contribution in [0.3, 0.4) is 0 Å². The van der Waals surface area contributed by atoms with Gasteiger partial charge in [0.25, 0.3) is 10.0 Å². The van der Waals surface area contributed by atoms with Gasteiger partial charge in [-0.3, -0.25) is 4.72 Å². The maximum Gasteiger partial charge on any atom is 0.280 e. The van der Waals surface area contributed by atoms with Crippen molar-refractivity contribution >= 4 is 27.3 Å². The molecule has 0 aliphatic heterocycles. The minimum absolute atomic E-state index is 0.0219. The van der Waals surface area contributed by atoms with E-state index in [1.165, 1.54) is 6.20 Å². The lowest BCUT2D eigenvalue weighted by Gasteiger charge is -2.07. The van der Waals surface area contributed by atoms with Crippen molar-refractivity contribution in [2.45, 2.75) is 24.8 Å². The topological polar surface area (TPSA) is 64.0 Å². The van der Waals surface area contributed by atoms with Crippen LogP contribution < -0.4 is 4.72 Å². The van der Waals surface area contributed by atoms with Gasteiger partial charge in [-0.1, -0.05) is 12.1 Å². The van der Waals surface area contributed by atoms with E-state index in [2.05, 4.69) is 9.71 Å². The number of anilines is 1. The molecule has 2 aromatic rings. The highest BCUT2D eigenvalue weighted by Crippen LogP contribution is 2.17. The van der Waals surface area contributed by atoms with Crippen LogP contribution in [0.2, 0.25) is 0 Å². The molecule has 0 spiro atoms. The van der Waals surface area contributed by atoms with Crippen LogP contribution in [0.15, 0.2) is 35.5 Å². The number of nitrogens with zero attached hydrogens (tertiary/aromatic N) is 2. The molecule has 0 aliphatic carbocycles. The molecule has 0 unspecified atom stereocenters. The Labute approximate surface area is 130 Å². The molecule has 2 rings (SSSR count). The van der Waals surface area contributed by atoms with Gasteiger partial charge in [-0.25, -0.2) is 4.98 Å². The second-order valence-electron chi connectivity index (χ2n) is 4.84. The Morgan fingerprint density at radius 2 is 2.14 bits per heavy atom. The third-order valence-electron chi connectivity index (χ3n) is 3.14. The zero-order valence-corrected chi connectivity index (χ0v) is 13.6. The molecular weight excluding hydrogens is 310 g/mol. The summed E-state index contributed by atoms with van der Waals surface area (Å²) in [5, 5.41) is 0.0219. The number of rotatable bonds is 6. The maximum absolute atomic E-state index is 12.3. The van der Waals surface area contributed by atoms with Gasteiger partial charge in [-0.05, 0) is 37.5 Å². The minimum Gasteiger partial charge on any atom is -0.337 e. The number of hydrogen-bond donors (Lipinski definition) is 1. The third kappa shape index (κ3) is 3.98. The van der Waals surface area contributed by atoms with E-state index in [1.807, 2.05) is 18.2 Å². The van der Waals surface area contributed by atoms with Crippen LogP contribution in [-0.4, -0.2) is 23.8 Å². The second kappa shape index (κ2) is 6.49. The smallest absolute Gasteiger partial charge is 0.280 e. The highest BCUT2D eigenvalue weighted by Gasteiger charge is 2.18. The Morgan fingerprint density at radius 1 is 1.38 bits per heavy atom. The van der Waals surface area contributed by atoms with Gasteiger partial charge in [0.2, 0.25) is 0 Å². The summed E-state index contributed by atoms with van der Waals surface area (Å²) in [6, 6.07) is 7.32. The lowest BCUT2D eigenvalue weighted by Crippen LogP contribution is -2.13. The van der Waals surface area contributed by atoms with Crippen molar-refractivity contribution in [1.82, 2.24) is 9.55 Å². The molecule has 7 heteroatoms. The SMILES string of the molecule is Cc1nc(S(=O)(=O)Nc2cccc(CCCCl)c2)cn1C. The first kappa shape index (κ1) is 15.9. The number of halogens is 1. The summed E-state index contributed by atoms with van der Waals surface area (Å²) in [6.07, 6.45) is 3.17. The lowest BCUT2D eigenvalue weighted by molar-refractivity contribution is 0.598. The largest absolute Gasteiger partial charge is 0.337 e. The molecule has 0 radical (unpaired) electrons. The molecule has 0 atom stereocenters. The third-order valence-corrected chi connectivity index (χ3v) is 4.66. The molecule has 0 amide bonds. The van der Waals surface area contributed by atoms with Gasteiger partial charge in [0.05, 0.1) is 0 Å². The molecule has 0 aliphatic rings. The van der Waals surface area contributed by atoms with Gasteiger partial charge in [-0.2, -0.15) is 8.42 Å². The van der Waals surface area contributed by atoms with Gasteiger partial charge < -0.3 is 4.57 Å². The van der Waals surface area contributed by atoms with Gasteiger partial charge in [0.15, 0.2) is 5.03 Å². The number of imidazole rings is 1. The second-order valence-corrected chi connectivity index (χ2v) is 6.84. The quantitative estimate of drug-likeness (QED) is 0.830. The van der Waals surface area contributed by atoms with Crippen molar-refractivity contribution in [2.75, 3.05) is 10.6 Å². The molecule has 0 saturated carbocycles. The first-order chi connectivity index (χ1) is 9.92. The summed E-state index contributed by atoms with van der Waals surface area (Å²) in [7, 11) is -1.90. The molecule has 0 bridgehead atoms. The molecule has 1 aromatic carbocycles. The molecule has 1 aromatic heterocycles. The van der Waals surface area contributed by atoms with E-state index in [0.717, 1.165) is 18.4 Å². The number of aromatic nitrogens is 2. The van der Waals surface area contributed by atoms with Crippen molar-refractivity contribution in [1.29, 1.82) is 0 Å². The fourth-order valence-corrected chi connectivity index (χ4v) is 3.15. The van der Waals surface area contributed by atoms with Crippen molar-refractivity contribution in [3.8, 4) is 0 Å². The van der Waals surface area contributed by atoms with Crippen LogP contribution in [0.5, 0.6) is 0 Å². The molecule has 0 saturated heterocycles. The van der Waals surface area contributed by atoms with Crippen LogP contribution in [0.25, 0.3) is 0 Å². The van der Waals surface area contributed by atoms with E-state index >= 15 is 0 Å². The maximum atomic E-state index is 12.3. The van der Waals surface area contributed by atoms with Crippen molar-refractivity contribution < 1.29 is 8.42 Å². The van der Waals surface area contributed by atoms with Gasteiger partial charge in [0, 0.05) is 24.8 Å². The Bertz CT molecular complexity index is 706. The Balaban J connectivity index is 2.20. The standard InChI is InChI=1S/C14H18ClN3O2S/c1-11-16-14(10-18(11)2)21(19,20)17-13-7-3-5-12(9-13)6-4-8-15/h3,5,7,9-10,17H,4,6,8H2,1-2H3. The summed E-state index contributed by atoms with van der Waals surface area (Å²) < 4.78 is 28.8. The van der Waals surface area contributed by atoms with E-state index in [9.17, 15) is 8.42 Å². The van der Waals surface area contributed by atoms with E-state index in [0.29, 0.717) is 17.4 Å². The van der Waals surface area contributed by atoms with Crippen LogP contribution in [-0.2, 0) is 23.5 Å². The van der Waals surface area contributed by atoms with Gasteiger partial charge in [-0.15, -0.1) is 11.6 Å². The normalized spacial score (nSPS) is 11.6. The fraction of sp³-hybridized carbons (Fsp3) is 0.357.